The maximum atomic E-state index is 8.84. The van der Waals surface area contributed by atoms with Gasteiger partial charge in [-0.3, -0.25) is 0 Å². The number of hydrogen-bond acceptors (Lipinski definition) is 4. The number of nitrogens with two attached hydrogens (primary N) is 1. The molecule has 21 heavy (non-hydrogen) atoms. The molecule has 0 aliphatic rings. The monoisotopic (exact) mass is 285 g/mol. The third-order valence-electron chi connectivity index (χ3n) is 3.28. The van der Waals surface area contributed by atoms with E-state index in [1.54, 1.807) is 7.11 Å². The maximum absolute atomic E-state index is 8.84. The Hall–Kier alpha value is -2.69. The van der Waals surface area contributed by atoms with Crippen molar-refractivity contribution in [1.82, 2.24) is 0 Å². The Kier molecular flexibility index (Phi) is 4.66. The van der Waals surface area contributed by atoms with E-state index >= 15 is 0 Å². The summed E-state index contributed by atoms with van der Waals surface area (Å²) in [5.41, 5.74) is 9.52. The Bertz CT molecular complexity index is 654. The van der Waals surface area contributed by atoms with Gasteiger partial charge in [-0.25, -0.2) is 0 Å². The van der Waals surface area contributed by atoms with Crippen LogP contribution in [-0.2, 0) is 6.54 Å². The van der Waals surface area contributed by atoms with E-state index in [1.165, 1.54) is 5.56 Å². The van der Waals surface area contributed by atoms with Crippen molar-refractivity contribution >= 4 is 11.5 Å². The van der Waals surface area contributed by atoms with Crippen molar-refractivity contribution in [3.63, 3.8) is 0 Å². The second-order valence-corrected chi connectivity index (χ2v) is 4.69. The summed E-state index contributed by atoms with van der Waals surface area (Å²) in [6, 6.07) is 13.7. The van der Waals surface area contributed by atoms with Gasteiger partial charge in [0.1, 0.15) is 5.75 Å². The molecule has 5 nitrogen and oxygen atoms in total. The highest BCUT2D eigenvalue weighted by Gasteiger charge is 2.09. The Morgan fingerprint density at radius 1 is 1.29 bits per heavy atom. The molecule has 0 heterocycles. The van der Waals surface area contributed by atoms with Crippen molar-refractivity contribution < 1.29 is 9.94 Å². The Morgan fingerprint density at radius 2 is 2.05 bits per heavy atom. The van der Waals surface area contributed by atoms with Gasteiger partial charge < -0.3 is 21.0 Å². The van der Waals surface area contributed by atoms with E-state index in [-0.39, 0.29) is 5.84 Å². The minimum atomic E-state index is 0.0320. The fourth-order valence-electron chi connectivity index (χ4n) is 2.09. The second kappa shape index (κ2) is 6.65. The number of nitrogens with zero attached hydrogens (tertiary/aromatic N) is 1. The van der Waals surface area contributed by atoms with E-state index in [4.69, 9.17) is 15.7 Å². The van der Waals surface area contributed by atoms with E-state index < -0.39 is 0 Å². The van der Waals surface area contributed by atoms with E-state index in [0.717, 1.165) is 11.3 Å². The predicted octanol–water partition coefficient (Wildman–Crippen LogP) is 2.71. The van der Waals surface area contributed by atoms with Crippen LogP contribution in [0.2, 0.25) is 0 Å². The van der Waals surface area contributed by atoms with Crippen molar-refractivity contribution in [2.45, 2.75) is 13.5 Å². The first-order valence-electron chi connectivity index (χ1n) is 6.60. The van der Waals surface area contributed by atoms with Gasteiger partial charge in [-0.2, -0.15) is 0 Å². The number of aryl methyl sites for hydroxylation is 1. The number of amidine groups is 1. The van der Waals surface area contributed by atoms with Gasteiger partial charge in [0.25, 0.3) is 0 Å². The number of nitrogens with one attached hydrogen (secondary N) is 1. The van der Waals surface area contributed by atoms with Gasteiger partial charge in [0.15, 0.2) is 5.84 Å². The molecule has 5 heteroatoms. The van der Waals surface area contributed by atoms with Gasteiger partial charge in [0, 0.05) is 12.2 Å². The van der Waals surface area contributed by atoms with Crippen molar-refractivity contribution in [2.24, 2.45) is 10.9 Å². The van der Waals surface area contributed by atoms with Gasteiger partial charge in [0.2, 0.25) is 0 Å². The summed E-state index contributed by atoms with van der Waals surface area (Å²) in [6.07, 6.45) is 0. The summed E-state index contributed by atoms with van der Waals surface area (Å²) in [5, 5.41) is 15.2. The topological polar surface area (TPSA) is 79.9 Å². The van der Waals surface area contributed by atoms with Crippen molar-refractivity contribution in [3.05, 3.63) is 59.2 Å². The lowest BCUT2D eigenvalue weighted by Crippen LogP contribution is -2.15. The summed E-state index contributed by atoms with van der Waals surface area (Å²) in [6.45, 7) is 2.69. The number of para-hydroxylation sites is 1. The van der Waals surface area contributed by atoms with Crippen molar-refractivity contribution in [3.8, 4) is 5.75 Å². The van der Waals surface area contributed by atoms with Crippen molar-refractivity contribution in [2.75, 3.05) is 12.4 Å². The Morgan fingerprint density at radius 3 is 2.71 bits per heavy atom. The minimum Gasteiger partial charge on any atom is -0.496 e. The van der Waals surface area contributed by atoms with E-state index in [2.05, 4.69) is 23.5 Å². The van der Waals surface area contributed by atoms with Gasteiger partial charge in [-0.1, -0.05) is 29.4 Å². The lowest BCUT2D eigenvalue weighted by molar-refractivity contribution is 0.318. The fourth-order valence-corrected chi connectivity index (χ4v) is 2.09. The molecule has 4 N–H and O–H groups in total. The predicted molar refractivity (Wildman–Crippen MR) is 84.0 cm³/mol. The first-order valence-corrected chi connectivity index (χ1v) is 6.60. The van der Waals surface area contributed by atoms with Crippen LogP contribution in [0, 0.1) is 6.92 Å². The molecule has 2 rings (SSSR count). The van der Waals surface area contributed by atoms with Crippen LogP contribution in [0.4, 0.5) is 5.69 Å². The normalized spacial score (nSPS) is 11.2. The van der Waals surface area contributed by atoms with Crippen molar-refractivity contribution in [1.29, 1.82) is 0 Å². The molecule has 0 saturated carbocycles. The zero-order chi connectivity index (χ0) is 15.2. The quantitative estimate of drug-likeness (QED) is 0.341. The number of rotatable bonds is 5. The molecule has 0 spiro atoms. The SMILES string of the molecule is COc1ccc(CNc2ccccc2C)cc1C(N)=NO. The third kappa shape index (κ3) is 3.45. The summed E-state index contributed by atoms with van der Waals surface area (Å²) >= 11 is 0. The highest BCUT2D eigenvalue weighted by molar-refractivity contribution is 5.99. The molecule has 0 aliphatic carbocycles. The number of benzene rings is 2. The molecule has 110 valence electrons. The number of ether oxygens (including phenoxy) is 1. The molecule has 0 bridgehead atoms. The maximum Gasteiger partial charge on any atom is 0.173 e. The van der Waals surface area contributed by atoms with Crippen LogP contribution in [0.3, 0.4) is 0 Å². The van der Waals surface area contributed by atoms with Crippen LogP contribution < -0.4 is 15.8 Å². The summed E-state index contributed by atoms with van der Waals surface area (Å²) in [4.78, 5) is 0. The average Bonchev–Trinajstić information content (AvgIpc) is 2.53. The second-order valence-electron chi connectivity index (χ2n) is 4.69. The van der Waals surface area contributed by atoms with Gasteiger partial charge in [0.05, 0.1) is 12.7 Å². The third-order valence-corrected chi connectivity index (χ3v) is 3.28. The smallest absolute Gasteiger partial charge is 0.173 e. The molecule has 2 aromatic rings. The molecule has 0 amide bonds. The molecule has 0 aromatic heterocycles. The van der Waals surface area contributed by atoms with Crippen LogP contribution in [0.5, 0.6) is 5.75 Å². The van der Waals surface area contributed by atoms with Crippen LogP contribution in [0.1, 0.15) is 16.7 Å². The minimum absolute atomic E-state index is 0.0320. The largest absolute Gasteiger partial charge is 0.496 e. The Labute approximate surface area is 124 Å². The fraction of sp³-hybridized carbons (Fsp3) is 0.188. The molecule has 0 radical (unpaired) electrons. The van der Waals surface area contributed by atoms with E-state index in [1.807, 2.05) is 36.4 Å². The summed E-state index contributed by atoms with van der Waals surface area (Å²) in [7, 11) is 1.55. The molecular weight excluding hydrogens is 266 g/mol. The molecule has 2 aromatic carbocycles. The first-order chi connectivity index (χ1) is 10.2. The zero-order valence-electron chi connectivity index (χ0n) is 12.1. The van der Waals surface area contributed by atoms with Gasteiger partial charge in [-0.05, 0) is 36.2 Å². The lowest BCUT2D eigenvalue weighted by atomic mass is 10.1. The van der Waals surface area contributed by atoms with Crippen LogP contribution >= 0.6 is 0 Å². The number of hydrogen-bond donors (Lipinski definition) is 3. The van der Waals surface area contributed by atoms with Gasteiger partial charge >= 0.3 is 0 Å². The highest BCUT2D eigenvalue weighted by atomic mass is 16.5. The molecule has 0 atom stereocenters. The molecular formula is C16H19N3O2. The Balaban J connectivity index is 2.20. The number of methoxy groups -OCH3 is 1. The molecule has 0 saturated heterocycles. The number of anilines is 1. The highest BCUT2D eigenvalue weighted by Crippen LogP contribution is 2.21. The van der Waals surface area contributed by atoms with Gasteiger partial charge in [-0.15, -0.1) is 0 Å². The van der Waals surface area contributed by atoms with Crippen LogP contribution in [0.15, 0.2) is 47.6 Å². The number of oxime groups is 1. The lowest BCUT2D eigenvalue weighted by Gasteiger charge is -2.12. The van der Waals surface area contributed by atoms with E-state index in [9.17, 15) is 0 Å². The molecule has 0 unspecified atom stereocenters. The zero-order valence-corrected chi connectivity index (χ0v) is 12.1. The van der Waals surface area contributed by atoms with Crippen LogP contribution in [0.25, 0.3) is 0 Å². The molecule has 0 fully saturated rings. The first kappa shape index (κ1) is 14.7. The van der Waals surface area contributed by atoms with Crippen LogP contribution in [-0.4, -0.2) is 18.2 Å². The average molecular weight is 285 g/mol. The summed E-state index contributed by atoms with van der Waals surface area (Å²) in [5.74, 6) is 0.606. The standard InChI is InChI=1S/C16H19N3O2/c1-11-5-3-4-6-14(11)18-10-12-7-8-15(21-2)13(9-12)16(17)19-20/h3-9,18,20H,10H2,1-2H3,(H2,17,19). The van der Waals surface area contributed by atoms with E-state index in [0.29, 0.717) is 17.9 Å². The summed E-state index contributed by atoms with van der Waals surface area (Å²) < 4.78 is 5.21. The molecule has 0 aliphatic heterocycles.